The Morgan fingerprint density at radius 1 is 1.36 bits per heavy atom. The molecule has 0 heterocycles. The molecular weight excluding hydrogens is 308 g/mol. The zero-order valence-corrected chi connectivity index (χ0v) is 13.8. The van der Waals surface area contributed by atoms with E-state index in [0.717, 1.165) is 0 Å². The number of hydrogen-bond acceptors (Lipinski definition) is 5. The molecule has 1 atom stereocenters. The Morgan fingerprint density at radius 3 is 2.32 bits per heavy atom. The average molecular weight is 330 g/mol. The molecule has 1 aromatic carbocycles. The molecule has 0 saturated heterocycles. The highest BCUT2D eigenvalue weighted by atomic mass is 32.2. The first-order chi connectivity index (χ1) is 10.1. The third kappa shape index (κ3) is 4.43. The number of carbonyl (C=O) groups is 1. The summed E-state index contributed by atoms with van der Waals surface area (Å²) in [4.78, 5) is 11.0. The highest BCUT2D eigenvalue weighted by Crippen LogP contribution is 2.29. The van der Waals surface area contributed by atoms with Gasteiger partial charge in [-0.15, -0.1) is 0 Å². The molecule has 3 N–H and O–H groups in total. The normalized spacial score (nSPS) is 14.6. The van der Waals surface area contributed by atoms with Gasteiger partial charge in [0.15, 0.2) is 0 Å². The molecule has 22 heavy (non-hydrogen) atoms. The largest absolute Gasteiger partial charge is 0.497 e. The smallest absolute Gasteiger partial charge is 0.264 e. The molecule has 0 bridgehead atoms. The summed E-state index contributed by atoms with van der Waals surface area (Å²) in [6.45, 7) is 3.28. The molecule has 0 spiro atoms. The molecule has 1 unspecified atom stereocenters. The van der Waals surface area contributed by atoms with Gasteiger partial charge in [0.2, 0.25) is 5.91 Å². The second kappa shape index (κ2) is 7.08. The zero-order valence-electron chi connectivity index (χ0n) is 12.9. The lowest BCUT2D eigenvalue weighted by atomic mass is 9.84. The number of methoxy groups -OCH3 is 1. The third-order valence-corrected chi connectivity index (χ3v) is 5.16. The number of hydrogen-bond donors (Lipinski definition) is 2. The van der Waals surface area contributed by atoms with Crippen LogP contribution in [0.5, 0.6) is 5.75 Å². The fourth-order valence-electron chi connectivity index (χ4n) is 1.99. The molecule has 0 aliphatic rings. The van der Waals surface area contributed by atoms with Gasteiger partial charge in [0.05, 0.1) is 12.0 Å². The predicted octanol–water partition coefficient (Wildman–Crippen LogP) is 1.37. The van der Waals surface area contributed by atoms with Gasteiger partial charge in [0.1, 0.15) is 5.75 Å². The molecule has 0 radical (unpaired) electrons. The highest BCUT2D eigenvalue weighted by molar-refractivity contribution is 7.89. The SMILES string of the molecule is CCC(C)(CC(N)=O)CN(O)S(=O)(=O)c1ccc(OC)cc1. The van der Waals surface area contributed by atoms with Gasteiger partial charge in [-0.3, -0.25) is 10.0 Å². The van der Waals surface area contributed by atoms with Gasteiger partial charge in [0.25, 0.3) is 10.0 Å². The minimum Gasteiger partial charge on any atom is -0.497 e. The van der Waals surface area contributed by atoms with Gasteiger partial charge < -0.3 is 10.5 Å². The summed E-state index contributed by atoms with van der Waals surface area (Å²) in [5.41, 5.74) is 4.44. The van der Waals surface area contributed by atoms with Crippen molar-refractivity contribution in [3.63, 3.8) is 0 Å². The van der Waals surface area contributed by atoms with Crippen LogP contribution in [0.25, 0.3) is 0 Å². The van der Waals surface area contributed by atoms with Crippen molar-refractivity contribution in [1.82, 2.24) is 4.47 Å². The lowest BCUT2D eigenvalue weighted by Crippen LogP contribution is -2.39. The van der Waals surface area contributed by atoms with Crippen LogP contribution in [0.4, 0.5) is 0 Å². The summed E-state index contributed by atoms with van der Waals surface area (Å²) in [5.74, 6) is -0.0323. The van der Waals surface area contributed by atoms with Crippen molar-refractivity contribution < 1.29 is 23.2 Å². The van der Waals surface area contributed by atoms with Gasteiger partial charge in [-0.1, -0.05) is 18.3 Å². The standard InChI is InChI=1S/C14H22N2O5S/c1-4-14(2,9-13(15)17)10-16(18)22(19,20)12-7-5-11(21-3)6-8-12/h5-8,18H,4,9-10H2,1-3H3,(H2,15,17). The summed E-state index contributed by atoms with van der Waals surface area (Å²) in [6, 6.07) is 5.66. The number of amides is 1. The predicted molar refractivity (Wildman–Crippen MR) is 80.9 cm³/mol. The number of carbonyl (C=O) groups excluding carboxylic acids is 1. The van der Waals surface area contributed by atoms with Crippen molar-refractivity contribution in [1.29, 1.82) is 0 Å². The second-order valence-electron chi connectivity index (χ2n) is 5.47. The van der Waals surface area contributed by atoms with E-state index in [1.165, 1.54) is 31.4 Å². The molecule has 0 fully saturated rings. The Bertz CT molecular complexity index is 615. The number of ether oxygens (including phenoxy) is 1. The molecule has 0 saturated carbocycles. The van der Waals surface area contributed by atoms with Crippen LogP contribution in [-0.2, 0) is 14.8 Å². The van der Waals surface area contributed by atoms with E-state index in [1.807, 2.05) is 0 Å². The van der Waals surface area contributed by atoms with Crippen LogP contribution in [0.2, 0.25) is 0 Å². The van der Waals surface area contributed by atoms with Crippen molar-refractivity contribution in [3.05, 3.63) is 24.3 Å². The zero-order chi connectivity index (χ0) is 17.0. The number of sulfonamides is 1. The summed E-state index contributed by atoms with van der Waals surface area (Å²) >= 11 is 0. The Labute approximate surface area is 130 Å². The lowest BCUT2D eigenvalue weighted by Gasteiger charge is -2.30. The van der Waals surface area contributed by atoms with Gasteiger partial charge in [-0.2, -0.15) is 0 Å². The molecule has 1 aromatic rings. The Morgan fingerprint density at radius 2 is 1.91 bits per heavy atom. The van der Waals surface area contributed by atoms with Crippen LogP contribution < -0.4 is 10.5 Å². The van der Waals surface area contributed by atoms with E-state index in [0.29, 0.717) is 12.2 Å². The van der Waals surface area contributed by atoms with Crippen molar-refractivity contribution in [3.8, 4) is 5.75 Å². The maximum absolute atomic E-state index is 12.3. The number of hydroxylamine groups is 1. The molecule has 7 nitrogen and oxygen atoms in total. The first kappa shape index (κ1) is 18.4. The molecule has 124 valence electrons. The van der Waals surface area contributed by atoms with Gasteiger partial charge in [-0.05, 0) is 36.1 Å². The van der Waals surface area contributed by atoms with Crippen LogP contribution in [0.15, 0.2) is 29.2 Å². The topological polar surface area (TPSA) is 110 Å². The first-order valence-corrected chi connectivity index (χ1v) is 8.22. The average Bonchev–Trinajstić information content (AvgIpc) is 2.46. The van der Waals surface area contributed by atoms with Crippen molar-refractivity contribution in [2.24, 2.45) is 11.1 Å². The molecule has 1 rings (SSSR count). The number of rotatable bonds is 8. The van der Waals surface area contributed by atoms with Crippen LogP contribution >= 0.6 is 0 Å². The van der Waals surface area contributed by atoms with Crippen LogP contribution in [0.3, 0.4) is 0 Å². The van der Waals surface area contributed by atoms with E-state index in [2.05, 4.69) is 0 Å². The Hall–Kier alpha value is -1.64. The van der Waals surface area contributed by atoms with E-state index in [4.69, 9.17) is 10.5 Å². The van der Waals surface area contributed by atoms with E-state index < -0.39 is 21.3 Å². The minimum atomic E-state index is -4.06. The van der Waals surface area contributed by atoms with E-state index in [9.17, 15) is 18.4 Å². The number of nitrogens with zero attached hydrogens (tertiary/aromatic N) is 1. The summed E-state index contributed by atoms with van der Waals surface area (Å²) < 4.78 is 29.9. The monoisotopic (exact) mass is 330 g/mol. The fourth-order valence-corrected chi connectivity index (χ4v) is 3.20. The molecule has 0 aliphatic carbocycles. The molecule has 1 amide bonds. The van der Waals surface area contributed by atoms with Crippen LogP contribution in [0, 0.1) is 5.41 Å². The quantitative estimate of drug-likeness (QED) is 0.699. The van der Waals surface area contributed by atoms with Crippen molar-refractivity contribution in [2.75, 3.05) is 13.7 Å². The van der Waals surface area contributed by atoms with Crippen molar-refractivity contribution >= 4 is 15.9 Å². The van der Waals surface area contributed by atoms with Crippen LogP contribution in [0.1, 0.15) is 26.7 Å². The molecule has 0 aliphatic heterocycles. The summed E-state index contributed by atoms with van der Waals surface area (Å²) in [7, 11) is -2.59. The Kier molecular flexibility index (Phi) is 5.92. The third-order valence-electron chi connectivity index (χ3n) is 3.61. The van der Waals surface area contributed by atoms with Gasteiger partial charge >= 0.3 is 0 Å². The molecular formula is C14H22N2O5S. The van der Waals surface area contributed by atoms with Crippen LogP contribution in [-0.4, -0.2) is 37.7 Å². The first-order valence-electron chi connectivity index (χ1n) is 6.78. The maximum atomic E-state index is 12.3. The number of nitrogens with two attached hydrogens (primary N) is 1. The summed E-state index contributed by atoms with van der Waals surface area (Å²) in [5, 5.41) is 10.00. The van der Waals surface area contributed by atoms with E-state index in [-0.39, 0.29) is 22.3 Å². The number of benzene rings is 1. The van der Waals surface area contributed by atoms with E-state index in [1.54, 1.807) is 13.8 Å². The highest BCUT2D eigenvalue weighted by Gasteiger charge is 2.33. The Balaban J connectivity index is 2.98. The maximum Gasteiger partial charge on any atom is 0.264 e. The molecule has 8 heteroatoms. The second-order valence-corrected chi connectivity index (χ2v) is 7.31. The van der Waals surface area contributed by atoms with E-state index >= 15 is 0 Å². The van der Waals surface area contributed by atoms with Gasteiger partial charge in [-0.25, -0.2) is 8.42 Å². The minimum absolute atomic E-state index is 0.0152. The van der Waals surface area contributed by atoms with Gasteiger partial charge in [0, 0.05) is 13.0 Å². The fraction of sp³-hybridized carbons (Fsp3) is 0.500. The molecule has 0 aromatic heterocycles. The lowest BCUT2D eigenvalue weighted by molar-refractivity contribution is -0.121. The summed E-state index contributed by atoms with van der Waals surface area (Å²) in [6.07, 6.45) is 0.476. The number of primary amides is 1. The van der Waals surface area contributed by atoms with Crippen molar-refractivity contribution in [2.45, 2.75) is 31.6 Å².